The Morgan fingerprint density at radius 2 is 1.45 bits per heavy atom. The number of hydrogen-bond acceptors (Lipinski definition) is 3. The molecule has 20 heavy (non-hydrogen) atoms. The molecular formula is C17H34O3. The quantitative estimate of drug-likeness (QED) is 0.590. The first-order valence-corrected chi connectivity index (χ1v) is 7.84. The standard InChI is InChI=1S/C17H34O3/c1-16(2,12-13-18)10-6-8-15(19)9-7-11-17(3,4)14-20-5/h18H,6-14H2,1-5H3. The van der Waals surface area contributed by atoms with Crippen molar-refractivity contribution in [2.24, 2.45) is 10.8 Å². The van der Waals surface area contributed by atoms with Gasteiger partial charge in [0.15, 0.2) is 0 Å². The van der Waals surface area contributed by atoms with Crippen LogP contribution >= 0.6 is 0 Å². The molecule has 0 atom stereocenters. The van der Waals surface area contributed by atoms with E-state index in [1.165, 1.54) is 0 Å². The van der Waals surface area contributed by atoms with Gasteiger partial charge >= 0.3 is 0 Å². The fourth-order valence-electron chi connectivity index (χ4n) is 2.54. The molecule has 0 aliphatic rings. The number of rotatable bonds is 12. The Labute approximate surface area is 125 Å². The van der Waals surface area contributed by atoms with Gasteiger partial charge in [-0.3, -0.25) is 4.79 Å². The largest absolute Gasteiger partial charge is 0.396 e. The third-order valence-corrected chi connectivity index (χ3v) is 3.94. The first-order chi connectivity index (χ1) is 9.22. The second-order valence-electron chi connectivity index (χ2n) is 7.48. The number of methoxy groups -OCH3 is 1. The van der Waals surface area contributed by atoms with Gasteiger partial charge < -0.3 is 9.84 Å². The highest BCUT2D eigenvalue weighted by Gasteiger charge is 2.19. The van der Waals surface area contributed by atoms with Crippen molar-refractivity contribution >= 4 is 5.78 Å². The molecule has 0 saturated heterocycles. The Kier molecular flexibility index (Phi) is 9.32. The molecule has 0 spiro atoms. The van der Waals surface area contributed by atoms with Crippen molar-refractivity contribution in [3.8, 4) is 0 Å². The summed E-state index contributed by atoms with van der Waals surface area (Å²) < 4.78 is 5.18. The fraction of sp³-hybridized carbons (Fsp3) is 0.941. The van der Waals surface area contributed by atoms with Gasteiger partial charge in [0, 0.05) is 26.6 Å². The summed E-state index contributed by atoms with van der Waals surface area (Å²) in [5.74, 6) is 0.373. The van der Waals surface area contributed by atoms with Gasteiger partial charge in [-0.15, -0.1) is 0 Å². The molecule has 0 saturated carbocycles. The topological polar surface area (TPSA) is 46.5 Å². The number of ketones is 1. The smallest absolute Gasteiger partial charge is 0.132 e. The van der Waals surface area contributed by atoms with E-state index in [4.69, 9.17) is 9.84 Å². The summed E-state index contributed by atoms with van der Waals surface area (Å²) >= 11 is 0. The Hall–Kier alpha value is -0.410. The maximum absolute atomic E-state index is 11.8. The number of hydrogen-bond donors (Lipinski definition) is 1. The molecular weight excluding hydrogens is 252 g/mol. The molecule has 0 heterocycles. The lowest BCUT2D eigenvalue weighted by molar-refractivity contribution is -0.119. The minimum atomic E-state index is 0.148. The van der Waals surface area contributed by atoms with Gasteiger partial charge in [-0.05, 0) is 42.9 Å². The number of Topliss-reactive ketones (excluding diaryl/α,β-unsaturated/α-hetero) is 1. The second kappa shape index (κ2) is 9.51. The van der Waals surface area contributed by atoms with Crippen molar-refractivity contribution in [1.82, 2.24) is 0 Å². The predicted molar refractivity (Wildman–Crippen MR) is 83.8 cm³/mol. The highest BCUT2D eigenvalue weighted by atomic mass is 16.5. The molecule has 0 aliphatic carbocycles. The fourth-order valence-corrected chi connectivity index (χ4v) is 2.54. The molecule has 0 fully saturated rings. The minimum Gasteiger partial charge on any atom is -0.396 e. The molecule has 0 unspecified atom stereocenters. The predicted octanol–water partition coefficient (Wildman–Crippen LogP) is 3.98. The van der Waals surface area contributed by atoms with E-state index in [0.717, 1.165) is 38.7 Å². The van der Waals surface area contributed by atoms with E-state index in [-0.39, 0.29) is 17.4 Å². The van der Waals surface area contributed by atoms with Gasteiger partial charge in [-0.1, -0.05) is 27.7 Å². The third kappa shape index (κ3) is 10.4. The summed E-state index contributed by atoms with van der Waals surface area (Å²) in [5, 5.41) is 8.97. The zero-order chi connectivity index (χ0) is 15.6. The first-order valence-electron chi connectivity index (χ1n) is 7.84. The summed E-state index contributed by atoms with van der Waals surface area (Å²) in [6.07, 6.45) is 6.11. The van der Waals surface area contributed by atoms with Crippen LogP contribution in [0, 0.1) is 10.8 Å². The highest BCUT2D eigenvalue weighted by Crippen LogP contribution is 2.27. The van der Waals surface area contributed by atoms with Gasteiger partial charge in [0.2, 0.25) is 0 Å². The van der Waals surface area contributed by atoms with Gasteiger partial charge in [0.05, 0.1) is 6.61 Å². The zero-order valence-electron chi connectivity index (χ0n) is 14.1. The third-order valence-electron chi connectivity index (χ3n) is 3.94. The summed E-state index contributed by atoms with van der Waals surface area (Å²) in [7, 11) is 1.72. The maximum atomic E-state index is 11.8. The molecule has 3 heteroatoms. The summed E-state index contributed by atoms with van der Waals surface area (Å²) in [5.41, 5.74) is 0.313. The van der Waals surface area contributed by atoms with Crippen molar-refractivity contribution in [2.75, 3.05) is 20.3 Å². The monoisotopic (exact) mass is 286 g/mol. The number of aliphatic hydroxyl groups is 1. The Morgan fingerprint density at radius 1 is 0.950 bits per heavy atom. The van der Waals surface area contributed by atoms with Gasteiger partial charge in [-0.2, -0.15) is 0 Å². The molecule has 0 bridgehead atoms. The van der Waals surface area contributed by atoms with Crippen molar-refractivity contribution in [2.45, 2.75) is 72.6 Å². The van der Waals surface area contributed by atoms with E-state index in [2.05, 4.69) is 27.7 Å². The van der Waals surface area contributed by atoms with Crippen LogP contribution in [-0.2, 0) is 9.53 Å². The van der Waals surface area contributed by atoms with Crippen LogP contribution in [0.3, 0.4) is 0 Å². The molecule has 3 nitrogen and oxygen atoms in total. The van der Waals surface area contributed by atoms with Crippen molar-refractivity contribution < 1.29 is 14.6 Å². The average Bonchev–Trinajstić information content (AvgIpc) is 2.27. The van der Waals surface area contributed by atoms with Crippen LogP contribution in [0.1, 0.15) is 72.6 Å². The van der Waals surface area contributed by atoms with Crippen LogP contribution in [0.25, 0.3) is 0 Å². The molecule has 0 aromatic heterocycles. The van der Waals surface area contributed by atoms with E-state index < -0.39 is 0 Å². The van der Waals surface area contributed by atoms with E-state index in [1.54, 1.807) is 7.11 Å². The molecule has 0 radical (unpaired) electrons. The van der Waals surface area contributed by atoms with Crippen molar-refractivity contribution in [1.29, 1.82) is 0 Å². The van der Waals surface area contributed by atoms with Crippen LogP contribution in [-0.4, -0.2) is 31.2 Å². The normalized spacial score (nSPS) is 12.7. The lowest BCUT2D eigenvalue weighted by Crippen LogP contribution is -2.18. The van der Waals surface area contributed by atoms with Crippen LogP contribution in [0.2, 0.25) is 0 Å². The number of carbonyl (C=O) groups excluding carboxylic acids is 1. The number of ether oxygens (including phenoxy) is 1. The molecule has 0 aliphatic heterocycles. The molecule has 0 amide bonds. The number of aliphatic hydroxyl groups excluding tert-OH is 1. The van der Waals surface area contributed by atoms with Gasteiger partial charge in [0.1, 0.15) is 5.78 Å². The van der Waals surface area contributed by atoms with E-state index in [9.17, 15) is 4.79 Å². The van der Waals surface area contributed by atoms with E-state index in [0.29, 0.717) is 18.6 Å². The Morgan fingerprint density at radius 3 is 1.90 bits per heavy atom. The van der Waals surface area contributed by atoms with E-state index in [1.807, 2.05) is 0 Å². The molecule has 1 N–H and O–H groups in total. The second-order valence-corrected chi connectivity index (χ2v) is 7.48. The zero-order valence-corrected chi connectivity index (χ0v) is 14.1. The molecule has 0 aromatic carbocycles. The lowest BCUT2D eigenvalue weighted by Gasteiger charge is -2.23. The van der Waals surface area contributed by atoms with Crippen LogP contribution < -0.4 is 0 Å². The maximum Gasteiger partial charge on any atom is 0.132 e. The van der Waals surface area contributed by atoms with Gasteiger partial charge in [-0.25, -0.2) is 0 Å². The molecule has 0 rings (SSSR count). The van der Waals surface area contributed by atoms with Crippen molar-refractivity contribution in [3.05, 3.63) is 0 Å². The SMILES string of the molecule is COCC(C)(C)CCCC(=O)CCCC(C)(C)CCO. The molecule has 120 valence electrons. The van der Waals surface area contributed by atoms with Crippen LogP contribution in [0.15, 0.2) is 0 Å². The lowest BCUT2D eigenvalue weighted by atomic mass is 9.83. The summed E-state index contributed by atoms with van der Waals surface area (Å²) in [6.45, 7) is 9.64. The van der Waals surface area contributed by atoms with Crippen LogP contribution in [0.4, 0.5) is 0 Å². The van der Waals surface area contributed by atoms with E-state index >= 15 is 0 Å². The minimum absolute atomic E-state index is 0.148. The summed E-state index contributed by atoms with van der Waals surface area (Å²) in [6, 6.07) is 0. The Bertz CT molecular complexity index is 243. The number of carbonyl (C=O) groups is 1. The molecule has 0 aromatic rings. The first kappa shape index (κ1) is 19.6. The average molecular weight is 286 g/mol. The summed E-state index contributed by atoms with van der Waals surface area (Å²) in [4.78, 5) is 11.8. The van der Waals surface area contributed by atoms with Gasteiger partial charge in [0.25, 0.3) is 0 Å². The van der Waals surface area contributed by atoms with Crippen LogP contribution in [0.5, 0.6) is 0 Å². The van der Waals surface area contributed by atoms with Crippen molar-refractivity contribution in [3.63, 3.8) is 0 Å². The Balaban J connectivity index is 3.75. The highest BCUT2D eigenvalue weighted by molar-refractivity contribution is 5.78.